The molecular formula is C16H25N3O6S. The predicted octanol–water partition coefficient (Wildman–Crippen LogP) is 0.760. The lowest BCUT2D eigenvalue weighted by atomic mass is 9.98. The van der Waals surface area contributed by atoms with Crippen molar-refractivity contribution in [1.82, 2.24) is 14.8 Å². The first-order valence-corrected chi connectivity index (χ1v) is 10.1. The zero-order valence-electron chi connectivity index (χ0n) is 15.4. The second-order valence-electron chi connectivity index (χ2n) is 6.37. The average Bonchev–Trinajstić information content (AvgIpc) is 2.93. The minimum Gasteiger partial charge on any atom is -0.466 e. The number of carbonyl (C=O) groups excluding carboxylic acids is 2. The van der Waals surface area contributed by atoms with E-state index in [4.69, 9.17) is 9.26 Å². The molecule has 1 aliphatic heterocycles. The van der Waals surface area contributed by atoms with Crippen molar-refractivity contribution in [2.45, 2.75) is 51.5 Å². The normalized spacial score (nSPS) is 19.2. The van der Waals surface area contributed by atoms with Gasteiger partial charge in [0.1, 0.15) is 10.6 Å². The van der Waals surface area contributed by atoms with Gasteiger partial charge >= 0.3 is 5.97 Å². The number of carbonyl (C=O) groups is 2. The van der Waals surface area contributed by atoms with Crippen molar-refractivity contribution in [3.63, 3.8) is 0 Å². The second-order valence-corrected chi connectivity index (χ2v) is 8.02. The van der Waals surface area contributed by atoms with Gasteiger partial charge in [-0.1, -0.05) is 5.16 Å². The molecule has 0 saturated carbocycles. The average molecular weight is 387 g/mol. The zero-order valence-corrected chi connectivity index (χ0v) is 16.3. The molecule has 0 radical (unpaired) electrons. The third-order valence-corrected chi connectivity index (χ3v) is 6.08. The third kappa shape index (κ3) is 4.42. The van der Waals surface area contributed by atoms with Crippen LogP contribution in [0.25, 0.3) is 0 Å². The number of amides is 1. The van der Waals surface area contributed by atoms with Gasteiger partial charge in [-0.3, -0.25) is 9.59 Å². The van der Waals surface area contributed by atoms with Crippen LogP contribution in [0.5, 0.6) is 0 Å². The van der Waals surface area contributed by atoms with Crippen molar-refractivity contribution in [3.8, 4) is 0 Å². The van der Waals surface area contributed by atoms with Gasteiger partial charge in [-0.2, -0.15) is 4.72 Å². The molecule has 146 valence electrons. The highest BCUT2D eigenvalue weighted by molar-refractivity contribution is 7.89. The standard InChI is InChI=1S/C16H25N3O6S/c1-5-24-16(21)13-7-6-8-19(9-13)15(20)11(3)18-26(22,23)14-10(2)17-25-12(14)4/h11,13,18H,5-9H2,1-4H3/t11-,13?/m0/s1. The summed E-state index contributed by atoms with van der Waals surface area (Å²) >= 11 is 0. The molecule has 2 heterocycles. The molecule has 2 rings (SSSR count). The molecule has 9 nitrogen and oxygen atoms in total. The predicted molar refractivity (Wildman–Crippen MR) is 91.7 cm³/mol. The number of hydrogen-bond donors (Lipinski definition) is 1. The van der Waals surface area contributed by atoms with Crippen LogP contribution in [-0.4, -0.2) is 56.1 Å². The topological polar surface area (TPSA) is 119 Å². The molecule has 1 unspecified atom stereocenters. The van der Waals surface area contributed by atoms with Gasteiger partial charge in [0.05, 0.1) is 18.6 Å². The van der Waals surface area contributed by atoms with E-state index in [9.17, 15) is 18.0 Å². The highest BCUT2D eigenvalue weighted by atomic mass is 32.2. The number of nitrogens with zero attached hydrogens (tertiary/aromatic N) is 2. The first kappa shape index (κ1) is 20.4. The quantitative estimate of drug-likeness (QED) is 0.716. The Kier molecular flexibility index (Phi) is 6.40. The largest absolute Gasteiger partial charge is 0.466 e. The van der Waals surface area contributed by atoms with E-state index < -0.39 is 16.1 Å². The van der Waals surface area contributed by atoms with Crippen molar-refractivity contribution in [1.29, 1.82) is 0 Å². The van der Waals surface area contributed by atoms with E-state index >= 15 is 0 Å². The highest BCUT2D eigenvalue weighted by Crippen LogP contribution is 2.21. The number of aryl methyl sites for hydroxylation is 2. The second kappa shape index (κ2) is 8.17. The Bertz CT molecular complexity index is 753. The van der Waals surface area contributed by atoms with Crippen LogP contribution >= 0.6 is 0 Å². The molecule has 1 amide bonds. The minimum absolute atomic E-state index is 0.0554. The van der Waals surface area contributed by atoms with Gasteiger partial charge in [0, 0.05) is 13.1 Å². The van der Waals surface area contributed by atoms with E-state index in [1.165, 1.54) is 25.7 Å². The SMILES string of the molecule is CCOC(=O)C1CCCN(C(=O)[C@H](C)NS(=O)(=O)c2c(C)noc2C)C1. The summed E-state index contributed by atoms with van der Waals surface area (Å²) in [5.74, 6) is -0.919. The molecule has 1 aromatic heterocycles. The number of nitrogens with one attached hydrogen (secondary N) is 1. The van der Waals surface area contributed by atoms with Crippen LogP contribution in [0.4, 0.5) is 0 Å². The summed E-state index contributed by atoms with van der Waals surface area (Å²) in [5.41, 5.74) is 0.231. The first-order valence-electron chi connectivity index (χ1n) is 8.58. The van der Waals surface area contributed by atoms with Crippen molar-refractivity contribution in [2.75, 3.05) is 19.7 Å². The molecule has 1 aliphatic rings. The fraction of sp³-hybridized carbons (Fsp3) is 0.688. The molecule has 10 heteroatoms. The summed E-state index contributed by atoms with van der Waals surface area (Å²) in [7, 11) is -3.95. The van der Waals surface area contributed by atoms with Crippen LogP contribution in [0.3, 0.4) is 0 Å². The van der Waals surface area contributed by atoms with Crippen molar-refractivity contribution in [3.05, 3.63) is 11.5 Å². The number of esters is 1. The Morgan fingerprint density at radius 2 is 2.12 bits per heavy atom. The van der Waals surface area contributed by atoms with Crippen LogP contribution in [-0.2, 0) is 24.3 Å². The summed E-state index contributed by atoms with van der Waals surface area (Å²) in [6.07, 6.45) is 1.32. The summed E-state index contributed by atoms with van der Waals surface area (Å²) < 4.78 is 37.3. The Morgan fingerprint density at radius 3 is 2.69 bits per heavy atom. The zero-order chi connectivity index (χ0) is 19.5. The van der Waals surface area contributed by atoms with Crippen LogP contribution in [0, 0.1) is 19.8 Å². The van der Waals surface area contributed by atoms with Crippen molar-refractivity contribution in [2.24, 2.45) is 5.92 Å². The van der Waals surface area contributed by atoms with Gasteiger partial charge in [0.2, 0.25) is 15.9 Å². The molecule has 1 N–H and O–H groups in total. The van der Waals surface area contributed by atoms with Gasteiger partial charge in [-0.15, -0.1) is 0 Å². The van der Waals surface area contributed by atoms with Gasteiger partial charge in [0.15, 0.2) is 5.76 Å². The van der Waals surface area contributed by atoms with Gasteiger partial charge in [-0.25, -0.2) is 8.42 Å². The summed E-state index contributed by atoms with van der Waals surface area (Å²) in [6, 6.07) is -0.977. The number of hydrogen-bond acceptors (Lipinski definition) is 7. The molecule has 0 spiro atoms. The lowest BCUT2D eigenvalue weighted by molar-refractivity contribution is -0.151. The van der Waals surface area contributed by atoms with Crippen LogP contribution in [0.2, 0.25) is 0 Å². The Labute approximate surface area is 153 Å². The van der Waals surface area contributed by atoms with Gasteiger partial charge < -0.3 is 14.2 Å². The van der Waals surface area contributed by atoms with E-state index in [0.29, 0.717) is 19.4 Å². The van der Waals surface area contributed by atoms with E-state index in [1.54, 1.807) is 6.92 Å². The maximum absolute atomic E-state index is 12.6. The summed E-state index contributed by atoms with van der Waals surface area (Å²) in [4.78, 5) is 26.0. The van der Waals surface area contributed by atoms with E-state index in [-0.39, 0.29) is 47.3 Å². The van der Waals surface area contributed by atoms with E-state index in [1.807, 2.05) is 0 Å². The Morgan fingerprint density at radius 1 is 1.42 bits per heavy atom. The number of aromatic nitrogens is 1. The van der Waals surface area contributed by atoms with Gasteiger partial charge in [0.25, 0.3) is 0 Å². The maximum atomic E-state index is 12.6. The fourth-order valence-electron chi connectivity index (χ4n) is 3.10. The molecule has 1 saturated heterocycles. The first-order chi connectivity index (χ1) is 12.2. The molecule has 0 aliphatic carbocycles. The lowest BCUT2D eigenvalue weighted by Gasteiger charge is -2.33. The monoisotopic (exact) mass is 387 g/mol. The van der Waals surface area contributed by atoms with Gasteiger partial charge in [-0.05, 0) is 40.5 Å². The molecule has 1 aromatic rings. The molecule has 0 bridgehead atoms. The van der Waals surface area contributed by atoms with Crippen molar-refractivity contribution >= 4 is 21.9 Å². The highest BCUT2D eigenvalue weighted by Gasteiger charge is 2.34. The van der Waals surface area contributed by atoms with E-state index in [2.05, 4.69) is 9.88 Å². The van der Waals surface area contributed by atoms with E-state index in [0.717, 1.165) is 0 Å². The third-order valence-electron chi connectivity index (χ3n) is 4.29. The van der Waals surface area contributed by atoms with Crippen LogP contribution in [0.1, 0.15) is 38.1 Å². The van der Waals surface area contributed by atoms with Crippen LogP contribution in [0.15, 0.2) is 9.42 Å². The Hall–Kier alpha value is -1.94. The number of ether oxygens (including phenoxy) is 1. The molecule has 2 atom stereocenters. The lowest BCUT2D eigenvalue weighted by Crippen LogP contribution is -2.51. The molecular weight excluding hydrogens is 362 g/mol. The molecule has 26 heavy (non-hydrogen) atoms. The molecule has 1 fully saturated rings. The smallest absolute Gasteiger partial charge is 0.310 e. The van der Waals surface area contributed by atoms with Crippen molar-refractivity contribution < 1.29 is 27.3 Å². The number of piperidine rings is 1. The maximum Gasteiger partial charge on any atom is 0.310 e. The fourth-order valence-corrected chi connectivity index (χ4v) is 4.63. The Balaban J connectivity index is 2.06. The molecule has 0 aromatic carbocycles. The van der Waals surface area contributed by atoms with Crippen LogP contribution < -0.4 is 4.72 Å². The minimum atomic E-state index is -3.95. The number of rotatable bonds is 6. The number of sulfonamides is 1. The number of likely N-dealkylation sites (tertiary alicyclic amines) is 1. The summed E-state index contributed by atoms with van der Waals surface area (Å²) in [6.45, 7) is 7.22. The summed E-state index contributed by atoms with van der Waals surface area (Å²) in [5, 5.41) is 3.63.